The highest BCUT2D eigenvalue weighted by Crippen LogP contribution is 2.24. The molecule has 1 aliphatic rings. The molecule has 20 heavy (non-hydrogen) atoms. The van der Waals surface area contributed by atoms with Gasteiger partial charge in [0.1, 0.15) is 4.90 Å². The lowest BCUT2D eigenvalue weighted by molar-refractivity contribution is -0.119. The van der Waals surface area contributed by atoms with Crippen LogP contribution in [0.25, 0.3) is 10.9 Å². The normalized spacial score (nSPS) is 19.4. The lowest BCUT2D eigenvalue weighted by Gasteiger charge is -2.10. The predicted molar refractivity (Wildman–Crippen MR) is 74.4 cm³/mol. The number of amides is 1. The fourth-order valence-electron chi connectivity index (χ4n) is 2.31. The van der Waals surface area contributed by atoms with Gasteiger partial charge in [-0.05, 0) is 18.2 Å². The van der Waals surface area contributed by atoms with Crippen molar-refractivity contribution < 1.29 is 13.2 Å². The number of nitrogens with two attached hydrogens (primary N) is 1. The van der Waals surface area contributed by atoms with Crippen molar-refractivity contribution >= 4 is 32.5 Å². The molecular formula is C12H14N4O3S. The Morgan fingerprint density at radius 2 is 2.15 bits per heavy atom. The monoisotopic (exact) mass is 294 g/mol. The van der Waals surface area contributed by atoms with E-state index in [2.05, 4.69) is 15.0 Å². The molecule has 1 aromatic carbocycles. The Morgan fingerprint density at radius 1 is 1.35 bits per heavy atom. The highest BCUT2D eigenvalue weighted by Gasteiger charge is 2.28. The molecule has 0 spiro atoms. The lowest BCUT2D eigenvalue weighted by Crippen LogP contribution is -2.36. The number of rotatable bonds is 3. The molecule has 3 rings (SSSR count). The number of anilines is 1. The molecule has 2 aromatic rings. The topological polar surface area (TPSA) is 117 Å². The summed E-state index contributed by atoms with van der Waals surface area (Å²) >= 11 is 0. The second kappa shape index (κ2) is 4.50. The van der Waals surface area contributed by atoms with Crippen LogP contribution >= 0.6 is 0 Å². The number of aromatic nitrogens is 1. The number of H-pyrrole nitrogens is 1. The summed E-state index contributed by atoms with van der Waals surface area (Å²) in [4.78, 5) is 14.2. The number of carbonyl (C=O) groups is 1. The summed E-state index contributed by atoms with van der Waals surface area (Å²) in [5, 5.41) is 3.17. The minimum Gasteiger partial charge on any atom is -0.399 e. The van der Waals surface area contributed by atoms with Crippen LogP contribution in [-0.2, 0) is 14.8 Å². The molecule has 0 aliphatic carbocycles. The van der Waals surface area contributed by atoms with Crippen LogP contribution in [0.1, 0.15) is 6.42 Å². The molecule has 0 radical (unpaired) electrons. The lowest BCUT2D eigenvalue weighted by atomic mass is 10.2. The molecule has 106 valence electrons. The number of sulfonamides is 1. The number of nitrogens with one attached hydrogen (secondary N) is 3. The van der Waals surface area contributed by atoms with E-state index in [0.717, 1.165) is 0 Å². The predicted octanol–water partition coefficient (Wildman–Crippen LogP) is -0.0831. The number of hydrogen-bond acceptors (Lipinski definition) is 4. The summed E-state index contributed by atoms with van der Waals surface area (Å²) in [6.45, 7) is 0.313. The van der Waals surface area contributed by atoms with E-state index >= 15 is 0 Å². The molecule has 1 saturated heterocycles. The van der Waals surface area contributed by atoms with Gasteiger partial charge in [0.25, 0.3) is 0 Å². The third kappa shape index (κ3) is 2.23. The molecule has 1 aromatic heterocycles. The summed E-state index contributed by atoms with van der Waals surface area (Å²) in [7, 11) is -3.68. The van der Waals surface area contributed by atoms with Crippen molar-refractivity contribution in [2.24, 2.45) is 0 Å². The molecule has 1 amide bonds. The van der Waals surface area contributed by atoms with Crippen molar-refractivity contribution in [3.8, 4) is 0 Å². The van der Waals surface area contributed by atoms with Gasteiger partial charge in [0.15, 0.2) is 0 Å². The van der Waals surface area contributed by atoms with Crippen LogP contribution in [-0.4, -0.2) is 31.9 Å². The van der Waals surface area contributed by atoms with Crippen LogP contribution in [0.5, 0.6) is 0 Å². The number of carbonyl (C=O) groups excluding carboxylic acids is 1. The Hall–Kier alpha value is -2.06. The number of aromatic amines is 1. The molecule has 5 N–H and O–H groups in total. The van der Waals surface area contributed by atoms with Gasteiger partial charge in [0.2, 0.25) is 15.9 Å². The maximum Gasteiger partial charge on any atom is 0.243 e. The zero-order valence-electron chi connectivity index (χ0n) is 10.5. The fraction of sp³-hybridized carbons (Fsp3) is 0.250. The smallest absolute Gasteiger partial charge is 0.243 e. The molecule has 1 atom stereocenters. The quantitative estimate of drug-likeness (QED) is 0.592. The highest BCUT2D eigenvalue weighted by molar-refractivity contribution is 7.89. The van der Waals surface area contributed by atoms with Crippen molar-refractivity contribution in [1.82, 2.24) is 15.0 Å². The second-order valence-corrected chi connectivity index (χ2v) is 6.47. The van der Waals surface area contributed by atoms with Crippen LogP contribution in [0.4, 0.5) is 5.69 Å². The van der Waals surface area contributed by atoms with Gasteiger partial charge in [-0.1, -0.05) is 0 Å². The van der Waals surface area contributed by atoms with Gasteiger partial charge in [0, 0.05) is 41.8 Å². The Morgan fingerprint density at radius 3 is 2.85 bits per heavy atom. The molecule has 1 aliphatic heterocycles. The third-order valence-corrected chi connectivity index (χ3v) is 4.82. The van der Waals surface area contributed by atoms with E-state index in [9.17, 15) is 13.2 Å². The molecular weight excluding hydrogens is 280 g/mol. The summed E-state index contributed by atoms with van der Waals surface area (Å²) in [5.41, 5.74) is 6.87. The van der Waals surface area contributed by atoms with E-state index in [-0.39, 0.29) is 17.2 Å². The van der Waals surface area contributed by atoms with Gasteiger partial charge in [-0.2, -0.15) is 0 Å². The first-order valence-corrected chi connectivity index (χ1v) is 7.60. The summed E-state index contributed by atoms with van der Waals surface area (Å²) in [5.74, 6) is -0.149. The molecule has 1 fully saturated rings. The average Bonchev–Trinajstić information content (AvgIpc) is 2.94. The Balaban J connectivity index is 1.95. The van der Waals surface area contributed by atoms with E-state index in [1.807, 2.05) is 0 Å². The van der Waals surface area contributed by atoms with Crippen molar-refractivity contribution in [2.75, 3.05) is 12.3 Å². The fourth-order valence-corrected chi connectivity index (χ4v) is 3.72. The van der Waals surface area contributed by atoms with Gasteiger partial charge < -0.3 is 16.0 Å². The minimum atomic E-state index is -3.68. The second-order valence-electron chi connectivity index (χ2n) is 4.78. The Bertz CT molecular complexity index is 781. The average molecular weight is 294 g/mol. The Labute approximate surface area is 115 Å². The van der Waals surface area contributed by atoms with E-state index < -0.39 is 16.1 Å². The van der Waals surface area contributed by atoms with Crippen LogP contribution in [0.15, 0.2) is 29.3 Å². The number of fused-ring (bicyclic) bond motifs is 1. The van der Waals surface area contributed by atoms with Gasteiger partial charge in [-0.25, -0.2) is 13.1 Å². The molecule has 7 nitrogen and oxygen atoms in total. The largest absolute Gasteiger partial charge is 0.399 e. The molecule has 0 bridgehead atoms. The van der Waals surface area contributed by atoms with E-state index in [4.69, 9.17) is 5.73 Å². The van der Waals surface area contributed by atoms with Crippen LogP contribution in [0.2, 0.25) is 0 Å². The maximum absolute atomic E-state index is 12.4. The first-order chi connectivity index (χ1) is 9.45. The van der Waals surface area contributed by atoms with E-state index in [1.165, 1.54) is 6.20 Å². The van der Waals surface area contributed by atoms with E-state index in [0.29, 0.717) is 23.1 Å². The van der Waals surface area contributed by atoms with E-state index in [1.54, 1.807) is 18.2 Å². The van der Waals surface area contributed by atoms with Gasteiger partial charge in [0.05, 0.1) is 0 Å². The van der Waals surface area contributed by atoms with Crippen molar-refractivity contribution in [1.29, 1.82) is 0 Å². The first kappa shape index (κ1) is 12.9. The number of nitrogen functional groups attached to an aromatic ring is 1. The van der Waals surface area contributed by atoms with Gasteiger partial charge >= 0.3 is 0 Å². The summed E-state index contributed by atoms with van der Waals surface area (Å²) in [6, 6.07) is 4.57. The SMILES string of the molecule is Nc1ccc2c(S(=O)(=O)NC3CNC(=O)C3)c[nH]c2c1. The Kier molecular flexibility index (Phi) is 2.91. The van der Waals surface area contributed by atoms with Crippen molar-refractivity contribution in [3.05, 3.63) is 24.4 Å². The van der Waals surface area contributed by atoms with Gasteiger partial charge in [-0.3, -0.25) is 4.79 Å². The third-order valence-electron chi connectivity index (χ3n) is 3.26. The molecule has 2 heterocycles. The molecule has 0 saturated carbocycles. The molecule has 1 unspecified atom stereocenters. The maximum atomic E-state index is 12.4. The standard InChI is InChI=1S/C12H14N4O3S/c13-7-1-2-9-10(3-7)14-6-11(9)20(18,19)16-8-4-12(17)15-5-8/h1-3,6,8,14,16H,4-5,13H2,(H,15,17). The summed E-state index contributed by atoms with van der Waals surface area (Å²) < 4.78 is 27.2. The number of hydrogen-bond donors (Lipinski definition) is 4. The van der Waals surface area contributed by atoms with Crippen molar-refractivity contribution in [3.63, 3.8) is 0 Å². The van der Waals surface area contributed by atoms with Crippen LogP contribution in [0.3, 0.4) is 0 Å². The number of benzene rings is 1. The van der Waals surface area contributed by atoms with Crippen LogP contribution in [0, 0.1) is 0 Å². The summed E-state index contributed by atoms with van der Waals surface area (Å²) in [6.07, 6.45) is 1.59. The zero-order valence-corrected chi connectivity index (χ0v) is 11.3. The zero-order chi connectivity index (χ0) is 14.3. The van der Waals surface area contributed by atoms with Crippen molar-refractivity contribution in [2.45, 2.75) is 17.4 Å². The first-order valence-electron chi connectivity index (χ1n) is 6.11. The van der Waals surface area contributed by atoms with Crippen LogP contribution < -0.4 is 15.8 Å². The highest BCUT2D eigenvalue weighted by atomic mass is 32.2. The molecule has 8 heteroatoms. The minimum absolute atomic E-state index is 0.149. The van der Waals surface area contributed by atoms with Gasteiger partial charge in [-0.15, -0.1) is 0 Å².